The predicted octanol–water partition coefficient (Wildman–Crippen LogP) is 3.60. The van der Waals surface area contributed by atoms with Crippen LogP contribution in [0.1, 0.15) is 47.9 Å². The number of piperidine rings is 2. The second kappa shape index (κ2) is 13.5. The minimum atomic E-state index is -0.941. The smallest absolute Gasteiger partial charge is 0.277 e. The van der Waals surface area contributed by atoms with Gasteiger partial charge in [0, 0.05) is 69.8 Å². The Morgan fingerprint density at radius 3 is 2.48 bits per heavy atom. The molecular formula is C38H42N10O4. The van der Waals surface area contributed by atoms with Gasteiger partial charge in [-0.05, 0) is 79.8 Å². The molecule has 0 saturated carbocycles. The molecule has 1 atom stereocenters. The van der Waals surface area contributed by atoms with Gasteiger partial charge in [0.25, 0.3) is 11.8 Å². The van der Waals surface area contributed by atoms with E-state index in [9.17, 15) is 19.2 Å². The van der Waals surface area contributed by atoms with Crippen LogP contribution in [0.5, 0.6) is 0 Å². The Kier molecular flexibility index (Phi) is 8.69. The van der Waals surface area contributed by atoms with Crippen molar-refractivity contribution in [3.8, 4) is 0 Å². The van der Waals surface area contributed by atoms with Gasteiger partial charge in [-0.15, -0.1) is 0 Å². The summed E-state index contributed by atoms with van der Waals surface area (Å²) in [5.74, 6) is -0.218. The van der Waals surface area contributed by atoms with Gasteiger partial charge in [0.05, 0.1) is 5.39 Å². The van der Waals surface area contributed by atoms with Gasteiger partial charge in [0.2, 0.25) is 17.8 Å². The molecule has 3 N–H and O–H groups in total. The number of hydrogen-bond acceptors (Lipinski definition) is 11. The van der Waals surface area contributed by atoms with Crippen LogP contribution in [0.4, 0.5) is 23.1 Å². The van der Waals surface area contributed by atoms with E-state index in [2.05, 4.69) is 70.0 Å². The van der Waals surface area contributed by atoms with E-state index >= 15 is 0 Å². The Labute approximate surface area is 301 Å². The third-order valence-corrected chi connectivity index (χ3v) is 10.8. The molecule has 0 radical (unpaired) electrons. The van der Waals surface area contributed by atoms with Crippen LogP contribution in [0.15, 0.2) is 54.4 Å². The molecule has 14 nitrogen and oxygen atoms in total. The lowest BCUT2D eigenvalue weighted by molar-refractivity contribution is -0.150. The van der Waals surface area contributed by atoms with Crippen molar-refractivity contribution in [3.63, 3.8) is 0 Å². The van der Waals surface area contributed by atoms with Crippen molar-refractivity contribution in [3.05, 3.63) is 76.6 Å². The lowest BCUT2D eigenvalue weighted by Gasteiger charge is -2.38. The molecule has 4 amide bonds. The number of anilines is 4. The Morgan fingerprint density at radius 2 is 1.71 bits per heavy atom. The van der Waals surface area contributed by atoms with Crippen molar-refractivity contribution in [2.24, 2.45) is 13.0 Å². The molecule has 2 saturated heterocycles. The molecule has 2 fully saturated rings. The quantitative estimate of drug-likeness (QED) is 0.231. The second-order valence-corrected chi connectivity index (χ2v) is 14.3. The number of aromatic nitrogens is 4. The van der Waals surface area contributed by atoms with Crippen molar-refractivity contribution in [1.82, 2.24) is 39.8 Å². The standard InChI is InChI=1S/C38H42N10O4/c1-22-5-4-6-23(2)33(22)42-34-28-19-39-38(43-35(28)45(3)44-34)40-27-8-7-25-13-14-46(21-26(25)17-27)20-24-11-15-47(16-12-24)30-18-32(50)48(37(30)52)29-9-10-31(49)41-36(29)51/h4-8,17-19,24,29H,9-16,20-21H2,1-3H3,(H,42,44)(H,39,40,43)(H,41,49,51). The average Bonchev–Trinajstić information content (AvgIpc) is 3.60. The second-order valence-electron chi connectivity index (χ2n) is 14.3. The molecule has 268 valence electrons. The molecule has 52 heavy (non-hydrogen) atoms. The molecule has 4 aliphatic heterocycles. The van der Waals surface area contributed by atoms with Crippen LogP contribution in [0, 0.1) is 19.8 Å². The summed E-state index contributed by atoms with van der Waals surface area (Å²) in [7, 11) is 1.89. The number of nitrogens with one attached hydrogen (secondary N) is 3. The van der Waals surface area contributed by atoms with Crippen molar-refractivity contribution < 1.29 is 19.2 Å². The van der Waals surface area contributed by atoms with Gasteiger partial charge < -0.3 is 15.5 Å². The highest BCUT2D eigenvalue weighted by molar-refractivity contribution is 6.18. The highest BCUT2D eigenvalue weighted by Gasteiger charge is 2.44. The molecule has 1 unspecified atom stereocenters. The number of carbonyl (C=O) groups excluding carboxylic acids is 4. The van der Waals surface area contributed by atoms with Crippen LogP contribution in [-0.4, -0.2) is 90.3 Å². The zero-order valence-electron chi connectivity index (χ0n) is 29.6. The van der Waals surface area contributed by atoms with E-state index in [1.54, 1.807) is 4.68 Å². The fraction of sp³-hybridized carbons (Fsp3) is 0.395. The molecule has 14 heteroatoms. The largest absolute Gasteiger partial charge is 0.367 e. The van der Waals surface area contributed by atoms with Crippen molar-refractivity contribution in [2.45, 2.75) is 58.5 Å². The molecule has 0 spiro atoms. The Hall–Kier alpha value is -5.63. The number of aryl methyl sites for hydroxylation is 3. The third kappa shape index (κ3) is 6.38. The lowest BCUT2D eigenvalue weighted by atomic mass is 9.93. The number of hydrogen-bond donors (Lipinski definition) is 3. The minimum Gasteiger partial charge on any atom is -0.367 e. The highest BCUT2D eigenvalue weighted by Crippen LogP contribution is 2.31. The van der Waals surface area contributed by atoms with Crippen molar-refractivity contribution in [2.75, 3.05) is 36.8 Å². The minimum absolute atomic E-state index is 0.109. The maximum atomic E-state index is 13.3. The fourth-order valence-electron chi connectivity index (χ4n) is 7.94. The van der Waals surface area contributed by atoms with Crippen LogP contribution in [-0.2, 0) is 39.2 Å². The first-order valence-electron chi connectivity index (χ1n) is 17.9. The fourth-order valence-corrected chi connectivity index (χ4v) is 7.94. The Bertz CT molecular complexity index is 2130. The Balaban J connectivity index is 0.872. The normalized spacial score (nSPS) is 20.0. The number of likely N-dealkylation sites (tertiary alicyclic amines) is 1. The van der Waals surface area contributed by atoms with Gasteiger partial charge in [-0.3, -0.25) is 34.3 Å². The number of imide groups is 2. The van der Waals surface area contributed by atoms with Crippen LogP contribution < -0.4 is 16.0 Å². The number of benzene rings is 2. The van der Waals surface area contributed by atoms with Crippen LogP contribution in [0.25, 0.3) is 11.0 Å². The van der Waals surface area contributed by atoms with Crippen LogP contribution in [0.3, 0.4) is 0 Å². The first-order valence-corrected chi connectivity index (χ1v) is 17.9. The third-order valence-electron chi connectivity index (χ3n) is 10.8. The molecule has 4 aliphatic rings. The van der Waals surface area contributed by atoms with E-state index in [1.807, 2.05) is 24.2 Å². The van der Waals surface area contributed by atoms with Gasteiger partial charge in [0.15, 0.2) is 11.5 Å². The van der Waals surface area contributed by atoms with E-state index in [1.165, 1.54) is 17.2 Å². The molecule has 6 heterocycles. The molecule has 8 rings (SSSR count). The Morgan fingerprint density at radius 1 is 0.923 bits per heavy atom. The molecular weight excluding hydrogens is 660 g/mol. The molecule has 0 aliphatic carbocycles. The van der Waals surface area contributed by atoms with E-state index in [0.717, 1.165) is 83.1 Å². The van der Waals surface area contributed by atoms with Gasteiger partial charge in [-0.1, -0.05) is 24.3 Å². The number of para-hydroxylation sites is 1. The number of fused-ring (bicyclic) bond motifs is 2. The van der Waals surface area contributed by atoms with E-state index in [-0.39, 0.29) is 18.7 Å². The summed E-state index contributed by atoms with van der Waals surface area (Å²) < 4.78 is 1.77. The maximum absolute atomic E-state index is 13.3. The van der Waals surface area contributed by atoms with Gasteiger partial charge in [-0.2, -0.15) is 10.1 Å². The zero-order valence-corrected chi connectivity index (χ0v) is 29.6. The summed E-state index contributed by atoms with van der Waals surface area (Å²) in [6.45, 7) is 8.27. The molecule has 4 aromatic rings. The van der Waals surface area contributed by atoms with E-state index in [0.29, 0.717) is 30.7 Å². The SMILES string of the molecule is Cc1cccc(C)c1Nc1nn(C)c2nc(Nc3ccc4c(c3)CN(CC3CCN(C5=CC(=O)N(C6CCC(=O)NC6=O)C5=O)CC3)CC4)ncc12. The molecule has 2 aromatic carbocycles. The topological polar surface area (TPSA) is 158 Å². The zero-order chi connectivity index (χ0) is 36.1. The number of rotatable bonds is 8. The highest BCUT2D eigenvalue weighted by atomic mass is 16.2. The van der Waals surface area contributed by atoms with E-state index < -0.39 is 23.8 Å². The first-order chi connectivity index (χ1) is 25.1. The summed E-state index contributed by atoms with van der Waals surface area (Å²) in [6, 6.07) is 11.7. The summed E-state index contributed by atoms with van der Waals surface area (Å²) in [5, 5.41) is 14.7. The van der Waals surface area contributed by atoms with Crippen LogP contribution >= 0.6 is 0 Å². The summed E-state index contributed by atoms with van der Waals surface area (Å²) >= 11 is 0. The maximum Gasteiger partial charge on any atom is 0.277 e. The van der Waals surface area contributed by atoms with Crippen molar-refractivity contribution >= 4 is 57.8 Å². The first kappa shape index (κ1) is 33.5. The summed E-state index contributed by atoms with van der Waals surface area (Å²) in [4.78, 5) is 64.9. The number of carbonyl (C=O) groups is 4. The van der Waals surface area contributed by atoms with Gasteiger partial charge in [-0.25, -0.2) is 9.67 Å². The summed E-state index contributed by atoms with van der Waals surface area (Å²) in [6.07, 6.45) is 6.20. The van der Waals surface area contributed by atoms with E-state index in [4.69, 9.17) is 10.1 Å². The predicted molar refractivity (Wildman–Crippen MR) is 195 cm³/mol. The van der Waals surface area contributed by atoms with Crippen molar-refractivity contribution in [1.29, 1.82) is 0 Å². The number of nitrogens with zero attached hydrogens (tertiary/aromatic N) is 7. The van der Waals surface area contributed by atoms with Gasteiger partial charge >= 0.3 is 0 Å². The molecule has 2 aromatic heterocycles. The lowest BCUT2D eigenvalue weighted by Crippen LogP contribution is -2.55. The van der Waals surface area contributed by atoms with Crippen LogP contribution in [0.2, 0.25) is 0 Å². The monoisotopic (exact) mass is 702 g/mol. The number of amides is 4. The summed E-state index contributed by atoms with van der Waals surface area (Å²) in [5.41, 5.74) is 7.96. The molecule has 0 bridgehead atoms. The average molecular weight is 703 g/mol. The van der Waals surface area contributed by atoms with Gasteiger partial charge in [0.1, 0.15) is 11.7 Å².